The van der Waals surface area contributed by atoms with Gasteiger partial charge in [0.15, 0.2) is 5.78 Å². The lowest BCUT2D eigenvalue weighted by molar-refractivity contribution is -0.138. The van der Waals surface area contributed by atoms with Gasteiger partial charge in [0, 0.05) is 23.2 Å². The molecule has 1 amide bonds. The first-order valence-corrected chi connectivity index (χ1v) is 14.7. The number of para-hydroxylation sites is 1. The van der Waals surface area contributed by atoms with E-state index in [9.17, 15) is 19.5 Å². The van der Waals surface area contributed by atoms with Crippen LogP contribution in [0.2, 0.25) is 0 Å². The molecule has 0 saturated heterocycles. The van der Waals surface area contributed by atoms with Crippen molar-refractivity contribution in [3.63, 3.8) is 0 Å². The van der Waals surface area contributed by atoms with E-state index in [1.165, 1.54) is 5.56 Å². The fourth-order valence-corrected chi connectivity index (χ4v) is 5.49. The second kappa shape index (κ2) is 13.8. The molecule has 1 atom stereocenters. The van der Waals surface area contributed by atoms with Crippen molar-refractivity contribution in [2.75, 3.05) is 18.5 Å². The van der Waals surface area contributed by atoms with Crippen LogP contribution < -0.4 is 15.4 Å². The molecule has 4 aromatic carbocycles. The third-order valence-electron chi connectivity index (χ3n) is 8.03. The Morgan fingerprint density at radius 3 is 2.09 bits per heavy atom. The van der Waals surface area contributed by atoms with Crippen molar-refractivity contribution in [2.24, 2.45) is 5.41 Å². The number of carbonyl (C=O) groups excluding carboxylic acids is 2. The number of benzene rings is 4. The van der Waals surface area contributed by atoms with Crippen molar-refractivity contribution in [3.05, 3.63) is 131 Å². The maximum Gasteiger partial charge on any atom is 0.326 e. The molecule has 4 aromatic rings. The van der Waals surface area contributed by atoms with Crippen molar-refractivity contribution in [1.29, 1.82) is 0 Å². The first-order chi connectivity index (χ1) is 20.9. The van der Waals surface area contributed by atoms with Crippen molar-refractivity contribution in [3.8, 4) is 5.75 Å². The fraction of sp³-hybridized carbons (Fsp3) is 0.250. The van der Waals surface area contributed by atoms with Gasteiger partial charge in [-0.15, -0.1) is 0 Å². The van der Waals surface area contributed by atoms with Gasteiger partial charge >= 0.3 is 5.97 Å². The summed E-state index contributed by atoms with van der Waals surface area (Å²) in [6, 6.07) is 32.3. The number of hydrogen-bond donors (Lipinski definition) is 3. The number of rotatable bonds is 14. The average molecular weight is 577 g/mol. The van der Waals surface area contributed by atoms with Crippen LogP contribution in [-0.2, 0) is 22.4 Å². The van der Waals surface area contributed by atoms with Crippen LogP contribution in [0.25, 0.3) is 0 Å². The minimum Gasteiger partial charge on any atom is -0.492 e. The Morgan fingerprint density at radius 2 is 1.44 bits per heavy atom. The minimum absolute atomic E-state index is 0.0841. The number of nitrogens with one attached hydrogen (secondary N) is 2. The van der Waals surface area contributed by atoms with Gasteiger partial charge in [0.1, 0.15) is 18.4 Å². The van der Waals surface area contributed by atoms with E-state index in [0.717, 1.165) is 31.2 Å². The van der Waals surface area contributed by atoms with E-state index in [4.69, 9.17) is 4.74 Å². The molecule has 0 spiro atoms. The first kappa shape index (κ1) is 29.6. The summed E-state index contributed by atoms with van der Waals surface area (Å²) in [6.07, 6.45) is 3.83. The molecule has 3 N–H and O–H groups in total. The molecule has 0 unspecified atom stereocenters. The average Bonchev–Trinajstić information content (AvgIpc) is 3.02. The number of carboxylic acid groups (broad SMARTS) is 1. The molecule has 7 nitrogen and oxygen atoms in total. The smallest absolute Gasteiger partial charge is 0.326 e. The van der Waals surface area contributed by atoms with Crippen LogP contribution in [0.4, 0.5) is 5.69 Å². The van der Waals surface area contributed by atoms with E-state index in [1.807, 2.05) is 36.4 Å². The number of aliphatic carboxylic acids is 1. The summed E-state index contributed by atoms with van der Waals surface area (Å²) in [4.78, 5) is 38.2. The van der Waals surface area contributed by atoms with Gasteiger partial charge in [0.2, 0.25) is 5.91 Å². The molecule has 43 heavy (non-hydrogen) atoms. The standard InChI is InChI=1S/C36H36N2O5/c39-33(28-12-5-2-6-13-28)30-14-7-8-15-31(30)38-32(34(40)41)24-26-16-18-29(19-17-26)43-23-22-37-35(42)36(20-9-21-36)25-27-10-3-1-4-11-27/h1-8,10-19,32,38H,9,20-25H2,(H,37,42)(H,40,41)/t32-/m0/s1. The van der Waals surface area contributed by atoms with Gasteiger partial charge in [0.05, 0.1) is 12.0 Å². The van der Waals surface area contributed by atoms with Gasteiger partial charge in [-0.05, 0) is 54.7 Å². The highest BCUT2D eigenvalue weighted by Gasteiger charge is 2.43. The number of carbonyl (C=O) groups is 3. The molecule has 7 heteroatoms. The van der Waals surface area contributed by atoms with Crippen LogP contribution in [0.15, 0.2) is 109 Å². The molecule has 0 aromatic heterocycles. The Balaban J connectivity index is 1.13. The quantitative estimate of drug-likeness (QED) is 0.127. The summed E-state index contributed by atoms with van der Waals surface area (Å²) >= 11 is 0. The van der Waals surface area contributed by atoms with E-state index in [2.05, 4.69) is 22.8 Å². The maximum atomic E-state index is 13.1. The summed E-state index contributed by atoms with van der Waals surface area (Å²) in [5.74, 6) is -0.473. The van der Waals surface area contributed by atoms with Crippen molar-refractivity contribution < 1.29 is 24.2 Å². The molecule has 0 bridgehead atoms. The highest BCUT2D eigenvalue weighted by Crippen LogP contribution is 2.44. The summed E-state index contributed by atoms with van der Waals surface area (Å²) < 4.78 is 5.84. The van der Waals surface area contributed by atoms with E-state index in [0.29, 0.717) is 35.7 Å². The van der Waals surface area contributed by atoms with Crippen molar-refractivity contribution in [2.45, 2.75) is 38.1 Å². The van der Waals surface area contributed by atoms with Crippen LogP contribution in [0.5, 0.6) is 5.75 Å². The van der Waals surface area contributed by atoms with Crippen LogP contribution in [-0.4, -0.2) is 42.0 Å². The molecule has 0 aliphatic heterocycles. The third kappa shape index (κ3) is 7.49. The highest BCUT2D eigenvalue weighted by atomic mass is 16.5. The Hall–Kier alpha value is -4.91. The summed E-state index contributed by atoms with van der Waals surface area (Å²) in [6.45, 7) is 0.737. The van der Waals surface area contributed by atoms with Gasteiger partial charge in [-0.25, -0.2) is 4.79 Å². The molecule has 1 aliphatic carbocycles. The molecule has 1 fully saturated rings. The number of ketones is 1. The van der Waals surface area contributed by atoms with Gasteiger partial charge in [-0.2, -0.15) is 0 Å². The molecular formula is C36H36N2O5. The number of hydrogen-bond acceptors (Lipinski definition) is 5. The zero-order valence-corrected chi connectivity index (χ0v) is 24.0. The molecule has 220 valence electrons. The zero-order chi connectivity index (χ0) is 30.1. The Morgan fingerprint density at radius 1 is 0.791 bits per heavy atom. The fourth-order valence-electron chi connectivity index (χ4n) is 5.49. The number of amides is 1. The van der Waals surface area contributed by atoms with Gasteiger partial charge in [-0.1, -0.05) is 91.3 Å². The van der Waals surface area contributed by atoms with E-state index >= 15 is 0 Å². The molecule has 0 heterocycles. The Labute approximate surface area is 251 Å². The normalized spacial score (nSPS) is 14.1. The summed E-state index contributed by atoms with van der Waals surface area (Å²) in [5.41, 5.74) is 3.08. The molecule has 1 aliphatic rings. The van der Waals surface area contributed by atoms with Crippen LogP contribution in [0, 0.1) is 5.41 Å². The largest absolute Gasteiger partial charge is 0.492 e. The predicted octanol–water partition coefficient (Wildman–Crippen LogP) is 5.93. The summed E-state index contributed by atoms with van der Waals surface area (Å²) in [7, 11) is 0. The van der Waals surface area contributed by atoms with E-state index < -0.39 is 12.0 Å². The maximum absolute atomic E-state index is 13.1. The number of anilines is 1. The second-order valence-corrected chi connectivity index (χ2v) is 11.0. The van der Waals surface area contributed by atoms with Crippen LogP contribution in [0.3, 0.4) is 0 Å². The lowest BCUT2D eigenvalue weighted by Crippen LogP contribution is -2.48. The minimum atomic E-state index is -1.02. The SMILES string of the molecule is O=C(c1ccccc1)c1ccccc1N[C@@H](Cc1ccc(OCCNC(=O)C2(Cc3ccccc3)CCC2)cc1)C(=O)O. The van der Waals surface area contributed by atoms with Gasteiger partial charge in [-0.3, -0.25) is 9.59 Å². The van der Waals surface area contributed by atoms with Crippen molar-refractivity contribution in [1.82, 2.24) is 5.32 Å². The predicted molar refractivity (Wildman–Crippen MR) is 166 cm³/mol. The van der Waals surface area contributed by atoms with Crippen molar-refractivity contribution >= 4 is 23.3 Å². The third-order valence-corrected chi connectivity index (χ3v) is 8.03. The topological polar surface area (TPSA) is 105 Å². The Bertz CT molecular complexity index is 1530. The number of carboxylic acids is 1. The summed E-state index contributed by atoms with van der Waals surface area (Å²) in [5, 5.41) is 16.0. The van der Waals surface area contributed by atoms with E-state index in [-0.39, 0.29) is 23.5 Å². The van der Waals surface area contributed by atoms with Gasteiger partial charge < -0.3 is 20.5 Å². The van der Waals surface area contributed by atoms with E-state index in [1.54, 1.807) is 60.7 Å². The van der Waals surface area contributed by atoms with Crippen LogP contribution in [0.1, 0.15) is 46.3 Å². The highest BCUT2D eigenvalue weighted by molar-refractivity contribution is 6.12. The second-order valence-electron chi connectivity index (χ2n) is 11.0. The monoisotopic (exact) mass is 576 g/mol. The molecular weight excluding hydrogens is 540 g/mol. The molecule has 5 rings (SSSR count). The molecule has 1 saturated carbocycles. The van der Waals surface area contributed by atoms with Crippen LogP contribution >= 0.6 is 0 Å². The lowest BCUT2D eigenvalue weighted by atomic mass is 9.64. The number of ether oxygens (including phenoxy) is 1. The lowest BCUT2D eigenvalue weighted by Gasteiger charge is -2.40. The molecule has 0 radical (unpaired) electrons. The van der Waals surface area contributed by atoms with Gasteiger partial charge in [0.25, 0.3) is 0 Å². The Kier molecular flexibility index (Phi) is 9.52. The zero-order valence-electron chi connectivity index (χ0n) is 24.0. The first-order valence-electron chi connectivity index (χ1n) is 14.7.